The first-order valence-corrected chi connectivity index (χ1v) is 10.1. The molecule has 0 aromatic heterocycles. The lowest BCUT2D eigenvalue weighted by molar-refractivity contribution is -0.104. The molecular formula is C25H28F2O6. The number of allylic oxidation sites excluding steroid dienone is 3. The van der Waals surface area contributed by atoms with Gasteiger partial charge in [-0.1, -0.05) is 17.7 Å². The van der Waals surface area contributed by atoms with Gasteiger partial charge in [0.25, 0.3) is 0 Å². The number of carbonyl (C=O) groups is 1. The first-order chi connectivity index (χ1) is 15.9. The molecule has 0 saturated heterocycles. The SMILES string of the molecule is COCOc1cc(OC)c(/C(=C/C=O)c2ccc(F)c(F)c2)c(OCOC)c1CC=C(C)C. The van der Waals surface area contributed by atoms with Gasteiger partial charge in [-0.15, -0.1) is 0 Å². The van der Waals surface area contributed by atoms with Crippen LogP contribution in [0.5, 0.6) is 17.2 Å². The van der Waals surface area contributed by atoms with Crippen LogP contribution in [0.4, 0.5) is 8.78 Å². The highest BCUT2D eigenvalue weighted by Crippen LogP contribution is 2.45. The van der Waals surface area contributed by atoms with Crippen molar-refractivity contribution in [3.63, 3.8) is 0 Å². The Morgan fingerprint density at radius 2 is 1.64 bits per heavy atom. The van der Waals surface area contributed by atoms with Crippen LogP contribution in [0, 0.1) is 11.6 Å². The fourth-order valence-corrected chi connectivity index (χ4v) is 3.15. The van der Waals surface area contributed by atoms with Crippen LogP contribution < -0.4 is 14.2 Å². The molecule has 2 aromatic carbocycles. The van der Waals surface area contributed by atoms with Gasteiger partial charge < -0.3 is 23.7 Å². The van der Waals surface area contributed by atoms with Gasteiger partial charge in [0.15, 0.2) is 25.2 Å². The summed E-state index contributed by atoms with van der Waals surface area (Å²) >= 11 is 0. The number of carbonyl (C=O) groups excluding carboxylic acids is 1. The fraction of sp³-hybridized carbons (Fsp3) is 0.320. The maximum absolute atomic E-state index is 14.1. The van der Waals surface area contributed by atoms with Crippen molar-refractivity contribution in [2.24, 2.45) is 0 Å². The average molecular weight is 462 g/mol. The van der Waals surface area contributed by atoms with E-state index in [9.17, 15) is 13.6 Å². The summed E-state index contributed by atoms with van der Waals surface area (Å²) in [6.07, 6.45) is 4.20. The van der Waals surface area contributed by atoms with E-state index in [1.165, 1.54) is 33.5 Å². The molecule has 33 heavy (non-hydrogen) atoms. The van der Waals surface area contributed by atoms with Crippen LogP contribution in [0.1, 0.15) is 30.5 Å². The number of halogens is 2. The fourth-order valence-electron chi connectivity index (χ4n) is 3.15. The van der Waals surface area contributed by atoms with Gasteiger partial charge in [-0.2, -0.15) is 0 Å². The maximum Gasteiger partial charge on any atom is 0.188 e. The number of hydrogen-bond donors (Lipinski definition) is 0. The van der Waals surface area contributed by atoms with Crippen LogP contribution in [-0.2, 0) is 20.7 Å². The van der Waals surface area contributed by atoms with E-state index in [2.05, 4.69) is 0 Å². The van der Waals surface area contributed by atoms with E-state index >= 15 is 0 Å². The van der Waals surface area contributed by atoms with Gasteiger partial charge in [0.05, 0.1) is 12.7 Å². The first-order valence-electron chi connectivity index (χ1n) is 10.1. The predicted molar refractivity (Wildman–Crippen MR) is 121 cm³/mol. The first kappa shape index (κ1) is 26.0. The van der Waals surface area contributed by atoms with Crippen molar-refractivity contribution >= 4 is 11.9 Å². The lowest BCUT2D eigenvalue weighted by Crippen LogP contribution is -2.10. The molecular weight excluding hydrogens is 434 g/mol. The second-order valence-electron chi connectivity index (χ2n) is 7.19. The highest BCUT2D eigenvalue weighted by atomic mass is 19.2. The summed E-state index contributed by atoms with van der Waals surface area (Å²) in [7, 11) is 4.41. The Hall–Kier alpha value is -3.23. The lowest BCUT2D eigenvalue weighted by atomic mass is 9.92. The molecule has 2 aromatic rings. The zero-order valence-corrected chi connectivity index (χ0v) is 19.4. The Labute approximate surface area is 192 Å². The second-order valence-corrected chi connectivity index (χ2v) is 7.19. The molecule has 0 N–H and O–H groups in total. The molecule has 178 valence electrons. The van der Waals surface area contributed by atoms with Gasteiger partial charge in [0.1, 0.15) is 23.5 Å². The van der Waals surface area contributed by atoms with Crippen molar-refractivity contribution < 1.29 is 37.3 Å². The minimum atomic E-state index is -1.05. The largest absolute Gasteiger partial charge is 0.496 e. The highest BCUT2D eigenvalue weighted by molar-refractivity contribution is 5.94. The van der Waals surface area contributed by atoms with Gasteiger partial charge in [-0.25, -0.2) is 8.78 Å². The molecule has 0 aliphatic carbocycles. The quantitative estimate of drug-likeness (QED) is 0.190. The normalized spacial score (nSPS) is 11.2. The molecule has 0 bridgehead atoms. The molecule has 0 unspecified atom stereocenters. The Bertz CT molecular complexity index is 1030. The molecule has 0 amide bonds. The van der Waals surface area contributed by atoms with Crippen molar-refractivity contribution in [1.82, 2.24) is 0 Å². The zero-order chi connectivity index (χ0) is 24.4. The van der Waals surface area contributed by atoms with Gasteiger partial charge in [-0.05, 0) is 49.6 Å². The van der Waals surface area contributed by atoms with E-state index in [0.717, 1.165) is 17.7 Å². The molecule has 0 atom stereocenters. The van der Waals surface area contributed by atoms with Crippen LogP contribution >= 0.6 is 0 Å². The number of hydrogen-bond acceptors (Lipinski definition) is 6. The summed E-state index contributed by atoms with van der Waals surface area (Å²) in [5.41, 5.74) is 2.62. The molecule has 8 heteroatoms. The van der Waals surface area contributed by atoms with Crippen LogP contribution in [0.3, 0.4) is 0 Å². The minimum absolute atomic E-state index is 0.0196. The smallest absolute Gasteiger partial charge is 0.188 e. The third-order valence-corrected chi connectivity index (χ3v) is 4.63. The Kier molecular flexibility index (Phi) is 10.0. The number of ether oxygens (including phenoxy) is 5. The van der Waals surface area contributed by atoms with Gasteiger partial charge in [-0.3, -0.25) is 4.79 Å². The predicted octanol–water partition coefficient (Wildman–Crippen LogP) is 5.08. The highest BCUT2D eigenvalue weighted by Gasteiger charge is 2.25. The van der Waals surface area contributed by atoms with Crippen molar-refractivity contribution in [3.05, 3.63) is 70.3 Å². The van der Waals surface area contributed by atoms with E-state index in [1.807, 2.05) is 19.9 Å². The molecule has 0 radical (unpaired) electrons. The number of rotatable bonds is 12. The summed E-state index contributed by atoms with van der Waals surface area (Å²) in [5, 5.41) is 0. The Morgan fingerprint density at radius 3 is 2.21 bits per heavy atom. The Balaban J connectivity index is 2.89. The maximum atomic E-state index is 14.1. The molecule has 0 spiro atoms. The van der Waals surface area contributed by atoms with E-state index < -0.39 is 11.6 Å². The van der Waals surface area contributed by atoms with Crippen LogP contribution in [0.2, 0.25) is 0 Å². The summed E-state index contributed by atoms with van der Waals surface area (Å²) in [4.78, 5) is 11.5. The molecule has 6 nitrogen and oxygen atoms in total. The topological polar surface area (TPSA) is 63.2 Å². The van der Waals surface area contributed by atoms with E-state index in [-0.39, 0.29) is 24.7 Å². The monoisotopic (exact) mass is 462 g/mol. The van der Waals surface area contributed by atoms with Crippen molar-refractivity contribution in [1.29, 1.82) is 0 Å². The van der Waals surface area contributed by atoms with Crippen molar-refractivity contribution in [2.75, 3.05) is 34.9 Å². The number of methoxy groups -OCH3 is 3. The molecule has 0 aliphatic heterocycles. The molecule has 0 aliphatic rings. The third-order valence-electron chi connectivity index (χ3n) is 4.63. The lowest BCUT2D eigenvalue weighted by Gasteiger charge is -2.23. The summed E-state index contributed by atoms with van der Waals surface area (Å²) in [6, 6.07) is 5.01. The average Bonchev–Trinajstić information content (AvgIpc) is 2.80. The Morgan fingerprint density at radius 1 is 0.939 bits per heavy atom. The number of benzene rings is 2. The van der Waals surface area contributed by atoms with Crippen molar-refractivity contribution in [3.8, 4) is 17.2 Å². The van der Waals surface area contributed by atoms with Crippen LogP contribution in [-0.4, -0.2) is 41.2 Å². The summed E-state index contributed by atoms with van der Waals surface area (Å²) in [5.74, 6) is -0.993. The zero-order valence-electron chi connectivity index (χ0n) is 19.4. The van der Waals surface area contributed by atoms with Crippen LogP contribution in [0.15, 0.2) is 42.0 Å². The standard InChI is InChI=1S/C25H28F2O6/c1-16(2)6-8-19-22(32-14-29-3)13-23(31-5)24(25(19)33-15-30-4)18(10-11-28)17-7-9-20(26)21(27)12-17/h6-7,9-13H,8,14-15H2,1-5H3/b18-10+. The second kappa shape index (κ2) is 12.7. The minimum Gasteiger partial charge on any atom is -0.496 e. The van der Waals surface area contributed by atoms with E-state index in [1.54, 1.807) is 6.07 Å². The van der Waals surface area contributed by atoms with Crippen molar-refractivity contribution in [2.45, 2.75) is 20.3 Å². The molecule has 0 fully saturated rings. The summed E-state index contributed by atoms with van der Waals surface area (Å²) in [6.45, 7) is 3.77. The molecule has 0 saturated carbocycles. The van der Waals surface area contributed by atoms with E-state index in [4.69, 9.17) is 23.7 Å². The summed E-state index contributed by atoms with van der Waals surface area (Å²) < 4.78 is 55.1. The van der Waals surface area contributed by atoms with E-state index in [0.29, 0.717) is 41.1 Å². The molecule has 2 rings (SSSR count). The van der Waals surface area contributed by atoms with Crippen LogP contribution in [0.25, 0.3) is 5.57 Å². The van der Waals surface area contributed by atoms with Gasteiger partial charge in [0.2, 0.25) is 0 Å². The molecule has 0 heterocycles. The van der Waals surface area contributed by atoms with Gasteiger partial charge >= 0.3 is 0 Å². The number of aldehydes is 1. The third kappa shape index (κ3) is 6.63. The van der Waals surface area contributed by atoms with Gasteiger partial charge in [0, 0.05) is 25.8 Å².